The van der Waals surface area contributed by atoms with Gasteiger partial charge in [-0.1, -0.05) is 11.6 Å². The van der Waals surface area contributed by atoms with E-state index in [1.54, 1.807) is 0 Å². The van der Waals surface area contributed by atoms with Crippen LogP contribution in [0.25, 0.3) is 0 Å². The summed E-state index contributed by atoms with van der Waals surface area (Å²) < 4.78 is 4.32. The molecule has 1 aliphatic rings. The predicted octanol–water partition coefficient (Wildman–Crippen LogP) is 0.130. The van der Waals surface area contributed by atoms with E-state index in [0.717, 1.165) is 11.8 Å². The molecule has 0 spiro atoms. The highest BCUT2D eigenvalue weighted by Gasteiger charge is 2.32. The molecule has 1 atom stereocenters. The summed E-state index contributed by atoms with van der Waals surface area (Å²) in [6.07, 6.45) is -1.43. The summed E-state index contributed by atoms with van der Waals surface area (Å²) in [7, 11) is 0. The second-order valence-corrected chi connectivity index (χ2v) is 3.51. The van der Waals surface area contributed by atoms with Crippen LogP contribution in [0.15, 0.2) is 9.94 Å². The van der Waals surface area contributed by atoms with E-state index in [4.69, 9.17) is 21.8 Å². The van der Waals surface area contributed by atoms with Crippen LogP contribution >= 0.6 is 23.4 Å². The number of hydrogen-bond acceptors (Lipinski definition) is 5. The number of hydrogen-bond donors (Lipinski definition) is 2. The van der Waals surface area contributed by atoms with Crippen LogP contribution in [0.4, 0.5) is 0 Å². The van der Waals surface area contributed by atoms with E-state index in [2.05, 4.69) is 4.74 Å². The topological polar surface area (TPSA) is 83.8 Å². The number of carboxylic acid groups (broad SMARTS) is 1. The number of carbonyl (C=O) groups excluding carboxylic acids is 1. The van der Waals surface area contributed by atoms with Crippen LogP contribution < -0.4 is 0 Å². The number of ether oxygens (including phenoxy) is 1. The third-order valence-electron chi connectivity index (χ3n) is 1.19. The van der Waals surface area contributed by atoms with Crippen LogP contribution in [0.2, 0.25) is 0 Å². The monoisotopic (exact) mass is 224 g/mol. The van der Waals surface area contributed by atoms with Crippen LogP contribution in [-0.2, 0) is 14.3 Å². The van der Waals surface area contributed by atoms with E-state index >= 15 is 0 Å². The van der Waals surface area contributed by atoms with Gasteiger partial charge in [0.2, 0.25) is 6.29 Å². The number of esters is 1. The number of carboxylic acids is 1. The maximum Gasteiger partial charge on any atom is 0.353 e. The summed E-state index contributed by atoms with van der Waals surface area (Å²) >= 11 is 6.20. The molecule has 5 nitrogen and oxygen atoms in total. The van der Waals surface area contributed by atoms with Crippen LogP contribution in [0.5, 0.6) is 0 Å². The molecule has 0 aromatic heterocycles. The summed E-state index contributed by atoms with van der Waals surface area (Å²) in [5, 5.41) is 17.1. The first-order valence-electron chi connectivity index (χ1n) is 3.15. The van der Waals surface area contributed by atoms with E-state index < -0.39 is 18.2 Å². The molecule has 72 valence electrons. The first kappa shape index (κ1) is 10.4. The summed E-state index contributed by atoms with van der Waals surface area (Å²) in [5.74, 6) is -2.17. The minimum Gasteiger partial charge on any atom is -0.481 e. The van der Waals surface area contributed by atoms with Crippen LogP contribution in [0, 0.1) is 0 Å². The van der Waals surface area contributed by atoms with Crippen LogP contribution in [-0.4, -0.2) is 34.2 Å². The molecule has 1 unspecified atom stereocenters. The Balaban J connectivity index is 2.66. The van der Waals surface area contributed by atoms with Crippen molar-refractivity contribution in [3.05, 3.63) is 9.94 Å². The standard InChI is InChI=1S/C6H5ClO5S/c7-3-4(13-1-2(8)9)6(11)12-5(3)10/h6,11H,1H2,(H,8,9). The van der Waals surface area contributed by atoms with E-state index in [1.165, 1.54) is 0 Å². The Kier molecular flexibility index (Phi) is 3.18. The van der Waals surface area contributed by atoms with E-state index in [9.17, 15) is 9.59 Å². The van der Waals surface area contributed by atoms with Crippen molar-refractivity contribution < 1.29 is 24.5 Å². The van der Waals surface area contributed by atoms with Gasteiger partial charge < -0.3 is 14.9 Å². The number of cyclic esters (lactones) is 1. The molecular formula is C6H5ClO5S. The number of carbonyl (C=O) groups is 2. The fourth-order valence-corrected chi connectivity index (χ4v) is 1.67. The molecule has 0 aromatic carbocycles. The summed E-state index contributed by atoms with van der Waals surface area (Å²) in [5.41, 5.74) is 0. The maximum absolute atomic E-state index is 10.7. The van der Waals surface area contributed by atoms with E-state index in [1.807, 2.05) is 0 Å². The molecule has 0 fully saturated rings. The highest BCUT2D eigenvalue weighted by atomic mass is 35.5. The van der Waals surface area contributed by atoms with Crippen molar-refractivity contribution in [2.75, 3.05) is 5.75 Å². The molecule has 1 heterocycles. The van der Waals surface area contributed by atoms with Crippen LogP contribution in [0.3, 0.4) is 0 Å². The van der Waals surface area contributed by atoms with Crippen molar-refractivity contribution in [2.24, 2.45) is 0 Å². The smallest absolute Gasteiger partial charge is 0.353 e. The summed E-state index contributed by atoms with van der Waals surface area (Å²) in [6.45, 7) is 0. The van der Waals surface area contributed by atoms with Crippen molar-refractivity contribution >= 4 is 35.3 Å². The molecule has 0 aliphatic carbocycles. The lowest BCUT2D eigenvalue weighted by atomic mass is 10.5. The third kappa shape index (κ3) is 2.36. The van der Waals surface area contributed by atoms with Crippen molar-refractivity contribution in [1.82, 2.24) is 0 Å². The molecule has 0 radical (unpaired) electrons. The number of thioether (sulfide) groups is 1. The van der Waals surface area contributed by atoms with Gasteiger partial charge >= 0.3 is 11.9 Å². The number of aliphatic hydroxyl groups excluding tert-OH is 1. The second kappa shape index (κ2) is 3.99. The zero-order valence-corrected chi connectivity index (χ0v) is 7.76. The normalized spacial score (nSPS) is 22.0. The van der Waals surface area contributed by atoms with Gasteiger partial charge in [0.1, 0.15) is 5.03 Å². The molecule has 0 bridgehead atoms. The van der Waals surface area contributed by atoms with Gasteiger partial charge in [-0.3, -0.25) is 4.79 Å². The minimum atomic E-state index is -1.43. The molecule has 1 rings (SSSR count). The molecule has 0 saturated carbocycles. The quantitative estimate of drug-likeness (QED) is 0.663. The van der Waals surface area contributed by atoms with Gasteiger partial charge in [0.25, 0.3) is 0 Å². The fourth-order valence-electron chi connectivity index (χ4n) is 0.690. The molecule has 7 heteroatoms. The average molecular weight is 225 g/mol. The molecule has 0 aromatic rings. The molecule has 0 saturated heterocycles. The Morgan fingerprint density at radius 1 is 1.69 bits per heavy atom. The number of aliphatic carboxylic acids is 1. The Bertz CT molecular complexity index is 287. The maximum atomic E-state index is 10.7. The minimum absolute atomic E-state index is 0.0501. The van der Waals surface area contributed by atoms with Gasteiger partial charge in [-0.25, -0.2) is 4.79 Å². The molecule has 1 aliphatic heterocycles. The van der Waals surface area contributed by atoms with Gasteiger partial charge in [-0.15, -0.1) is 11.8 Å². The van der Waals surface area contributed by atoms with Crippen molar-refractivity contribution in [3.8, 4) is 0 Å². The van der Waals surface area contributed by atoms with Gasteiger partial charge in [0, 0.05) is 0 Å². The highest BCUT2D eigenvalue weighted by molar-refractivity contribution is 8.03. The lowest BCUT2D eigenvalue weighted by Gasteiger charge is -2.03. The van der Waals surface area contributed by atoms with Crippen molar-refractivity contribution in [2.45, 2.75) is 6.29 Å². The van der Waals surface area contributed by atoms with E-state index in [-0.39, 0.29) is 15.7 Å². The van der Waals surface area contributed by atoms with Gasteiger partial charge in [-0.2, -0.15) is 0 Å². The van der Waals surface area contributed by atoms with Crippen molar-refractivity contribution in [3.63, 3.8) is 0 Å². The molecule has 13 heavy (non-hydrogen) atoms. The Morgan fingerprint density at radius 2 is 2.31 bits per heavy atom. The zero-order chi connectivity index (χ0) is 10.0. The van der Waals surface area contributed by atoms with Crippen LogP contribution in [0.1, 0.15) is 0 Å². The fraction of sp³-hybridized carbons (Fsp3) is 0.333. The predicted molar refractivity (Wildman–Crippen MR) is 45.1 cm³/mol. The first-order valence-corrected chi connectivity index (χ1v) is 4.52. The van der Waals surface area contributed by atoms with Gasteiger partial charge in [-0.05, 0) is 0 Å². The largest absolute Gasteiger partial charge is 0.481 e. The van der Waals surface area contributed by atoms with Gasteiger partial charge in [0.15, 0.2) is 0 Å². The molecular weight excluding hydrogens is 220 g/mol. The second-order valence-electron chi connectivity index (χ2n) is 2.12. The third-order valence-corrected chi connectivity index (χ3v) is 2.77. The number of aliphatic hydroxyl groups is 1. The lowest BCUT2D eigenvalue weighted by molar-refractivity contribution is -0.150. The lowest BCUT2D eigenvalue weighted by Crippen LogP contribution is -2.09. The zero-order valence-electron chi connectivity index (χ0n) is 6.19. The molecule has 0 amide bonds. The summed E-state index contributed by atoms with van der Waals surface area (Å²) in [6, 6.07) is 0. The Morgan fingerprint density at radius 3 is 2.69 bits per heavy atom. The Hall–Kier alpha value is -0.720. The number of rotatable bonds is 3. The van der Waals surface area contributed by atoms with Crippen molar-refractivity contribution in [1.29, 1.82) is 0 Å². The number of halogens is 1. The first-order chi connectivity index (χ1) is 6.02. The highest BCUT2D eigenvalue weighted by Crippen LogP contribution is 2.32. The molecule has 2 N–H and O–H groups in total. The van der Waals surface area contributed by atoms with E-state index in [0.29, 0.717) is 0 Å². The summed E-state index contributed by atoms with van der Waals surface area (Å²) in [4.78, 5) is 20.9. The Labute approximate surface area is 82.3 Å². The van der Waals surface area contributed by atoms with Gasteiger partial charge in [0.05, 0.1) is 10.7 Å². The average Bonchev–Trinajstić information content (AvgIpc) is 2.24. The SMILES string of the molecule is O=C(O)CSC1=C(Cl)C(=O)OC1O.